The number of nitrogens with zero attached hydrogens (tertiary/aromatic N) is 3. The highest BCUT2D eigenvalue weighted by atomic mass is 16.5. The second-order valence-corrected chi connectivity index (χ2v) is 4.85. The van der Waals surface area contributed by atoms with Crippen LogP contribution in [0.2, 0.25) is 0 Å². The van der Waals surface area contributed by atoms with E-state index in [1.54, 1.807) is 7.11 Å². The molecule has 112 valence electrons. The third kappa shape index (κ3) is 3.11. The number of para-hydroxylation sites is 1. The lowest BCUT2D eigenvalue weighted by Gasteiger charge is -2.03. The van der Waals surface area contributed by atoms with Crippen LogP contribution in [0.3, 0.4) is 0 Å². The summed E-state index contributed by atoms with van der Waals surface area (Å²) < 4.78 is 5.34. The number of benzene rings is 2. The molecule has 1 N–H and O–H groups in total. The first-order valence-electron chi connectivity index (χ1n) is 7.04. The average Bonchev–Trinajstić information content (AvgIpc) is 3.09. The second kappa shape index (κ2) is 6.58. The largest absolute Gasteiger partial charge is 0.496 e. The molecule has 23 heavy (non-hydrogen) atoms. The number of rotatable bonds is 4. The van der Waals surface area contributed by atoms with E-state index in [0.717, 1.165) is 22.4 Å². The van der Waals surface area contributed by atoms with E-state index in [2.05, 4.69) is 21.5 Å². The Hall–Kier alpha value is -3.39. The molecule has 0 spiro atoms. The number of H-pyrrole nitrogens is 1. The quantitative estimate of drug-likeness (QED) is 0.748. The Morgan fingerprint density at radius 2 is 2.00 bits per heavy atom. The minimum atomic E-state index is 0.357. The maximum Gasteiger partial charge on any atom is 0.163 e. The van der Waals surface area contributed by atoms with Gasteiger partial charge in [0, 0.05) is 11.1 Å². The summed E-state index contributed by atoms with van der Waals surface area (Å²) in [6.45, 7) is 0. The topological polar surface area (TPSA) is 74.6 Å². The Labute approximate surface area is 133 Å². The Morgan fingerprint density at radius 3 is 2.83 bits per heavy atom. The Kier molecular flexibility index (Phi) is 4.16. The van der Waals surface area contributed by atoms with Crippen LogP contribution in [-0.4, -0.2) is 22.5 Å². The molecular formula is C18H14N4O. The van der Waals surface area contributed by atoms with Gasteiger partial charge in [0.1, 0.15) is 17.5 Å². The van der Waals surface area contributed by atoms with E-state index in [9.17, 15) is 0 Å². The van der Waals surface area contributed by atoms with Crippen molar-refractivity contribution in [3.05, 3.63) is 65.4 Å². The van der Waals surface area contributed by atoms with E-state index in [-0.39, 0.29) is 0 Å². The molecule has 1 heterocycles. The van der Waals surface area contributed by atoms with E-state index in [1.165, 1.54) is 0 Å². The first kappa shape index (κ1) is 14.5. The molecule has 5 heteroatoms. The van der Waals surface area contributed by atoms with Crippen molar-refractivity contribution in [2.75, 3.05) is 7.11 Å². The number of methoxy groups -OCH3 is 1. The van der Waals surface area contributed by atoms with Crippen LogP contribution in [0, 0.1) is 11.3 Å². The van der Waals surface area contributed by atoms with Crippen LogP contribution in [0.15, 0.2) is 48.5 Å². The molecule has 0 unspecified atom stereocenters. The van der Waals surface area contributed by atoms with Gasteiger partial charge in [-0.2, -0.15) is 5.26 Å². The molecule has 2 aromatic carbocycles. The Balaban J connectivity index is 1.92. The normalized spacial score (nSPS) is 10.6. The van der Waals surface area contributed by atoms with Crippen LogP contribution < -0.4 is 4.74 Å². The number of ether oxygens (including phenoxy) is 1. The zero-order valence-corrected chi connectivity index (χ0v) is 12.5. The molecule has 3 aromatic rings. The van der Waals surface area contributed by atoms with E-state index in [0.29, 0.717) is 11.4 Å². The highest BCUT2D eigenvalue weighted by molar-refractivity contribution is 5.75. The Bertz CT molecular complexity index is 890. The van der Waals surface area contributed by atoms with Crippen LogP contribution in [0.25, 0.3) is 23.4 Å². The zero-order chi connectivity index (χ0) is 16.1. The van der Waals surface area contributed by atoms with E-state index in [4.69, 9.17) is 10.00 Å². The highest BCUT2D eigenvalue weighted by Crippen LogP contribution is 2.23. The van der Waals surface area contributed by atoms with E-state index in [1.807, 2.05) is 60.7 Å². The molecule has 3 rings (SSSR count). The monoisotopic (exact) mass is 302 g/mol. The summed E-state index contributed by atoms with van der Waals surface area (Å²) in [6.07, 6.45) is 3.99. The summed E-state index contributed by atoms with van der Waals surface area (Å²) in [6, 6.07) is 17.6. The first-order valence-corrected chi connectivity index (χ1v) is 7.04. The summed E-state index contributed by atoms with van der Waals surface area (Å²) >= 11 is 0. The number of nitriles is 1. The van der Waals surface area contributed by atoms with Gasteiger partial charge in [0.05, 0.1) is 7.11 Å². The number of hydrogen-bond acceptors (Lipinski definition) is 4. The van der Waals surface area contributed by atoms with Crippen LogP contribution in [0.5, 0.6) is 5.75 Å². The van der Waals surface area contributed by atoms with Crippen molar-refractivity contribution in [3.8, 4) is 23.1 Å². The molecule has 0 amide bonds. The van der Waals surface area contributed by atoms with Gasteiger partial charge < -0.3 is 4.74 Å². The standard InChI is InChI=1S/C18H14N4O/c1-23-17-8-3-2-6-14(17)10-9-13-5-4-7-15(11-13)18-16(12-19)20-22-21-18/h2-11H,1H3,(H,20,21,22)/b10-9+. The summed E-state index contributed by atoms with van der Waals surface area (Å²) in [4.78, 5) is 0. The predicted molar refractivity (Wildman–Crippen MR) is 88.5 cm³/mol. The second-order valence-electron chi connectivity index (χ2n) is 4.85. The third-order valence-electron chi connectivity index (χ3n) is 3.41. The predicted octanol–water partition coefficient (Wildman–Crippen LogP) is 3.52. The smallest absolute Gasteiger partial charge is 0.163 e. The van der Waals surface area contributed by atoms with Gasteiger partial charge in [0.25, 0.3) is 0 Å². The van der Waals surface area contributed by atoms with Gasteiger partial charge in [-0.15, -0.1) is 5.10 Å². The molecule has 0 saturated heterocycles. The molecule has 5 nitrogen and oxygen atoms in total. The van der Waals surface area contributed by atoms with Crippen molar-refractivity contribution in [2.45, 2.75) is 0 Å². The van der Waals surface area contributed by atoms with Crippen molar-refractivity contribution in [1.29, 1.82) is 5.26 Å². The van der Waals surface area contributed by atoms with E-state index < -0.39 is 0 Å². The van der Waals surface area contributed by atoms with Crippen LogP contribution in [0.1, 0.15) is 16.8 Å². The third-order valence-corrected chi connectivity index (χ3v) is 3.41. The lowest BCUT2D eigenvalue weighted by molar-refractivity contribution is 0.414. The summed E-state index contributed by atoms with van der Waals surface area (Å²) in [7, 11) is 1.65. The molecule has 0 bridgehead atoms. The maximum absolute atomic E-state index is 9.06. The van der Waals surface area contributed by atoms with Crippen molar-refractivity contribution in [2.24, 2.45) is 0 Å². The van der Waals surface area contributed by atoms with Gasteiger partial charge in [-0.05, 0) is 17.7 Å². The summed E-state index contributed by atoms with van der Waals surface area (Å²) in [5, 5.41) is 19.3. The van der Waals surface area contributed by atoms with Gasteiger partial charge in [0.15, 0.2) is 5.69 Å². The minimum Gasteiger partial charge on any atom is -0.496 e. The van der Waals surface area contributed by atoms with Crippen molar-refractivity contribution in [3.63, 3.8) is 0 Å². The fourth-order valence-electron chi connectivity index (χ4n) is 2.29. The highest BCUT2D eigenvalue weighted by Gasteiger charge is 2.08. The van der Waals surface area contributed by atoms with Crippen LogP contribution in [-0.2, 0) is 0 Å². The maximum atomic E-state index is 9.06. The van der Waals surface area contributed by atoms with Gasteiger partial charge in [0.2, 0.25) is 0 Å². The number of aromatic nitrogens is 3. The van der Waals surface area contributed by atoms with Crippen molar-refractivity contribution < 1.29 is 4.74 Å². The molecule has 0 aliphatic heterocycles. The van der Waals surface area contributed by atoms with Crippen LogP contribution >= 0.6 is 0 Å². The molecule has 0 saturated carbocycles. The number of hydrogen-bond donors (Lipinski definition) is 1. The van der Waals surface area contributed by atoms with Gasteiger partial charge in [-0.25, -0.2) is 5.10 Å². The molecule has 0 fully saturated rings. The fourth-order valence-corrected chi connectivity index (χ4v) is 2.29. The van der Waals surface area contributed by atoms with Gasteiger partial charge in [-0.3, -0.25) is 0 Å². The van der Waals surface area contributed by atoms with Gasteiger partial charge in [-0.1, -0.05) is 53.8 Å². The van der Waals surface area contributed by atoms with Crippen molar-refractivity contribution >= 4 is 12.2 Å². The van der Waals surface area contributed by atoms with Gasteiger partial charge >= 0.3 is 0 Å². The first-order chi connectivity index (χ1) is 11.3. The zero-order valence-electron chi connectivity index (χ0n) is 12.5. The molecule has 0 aliphatic carbocycles. The number of aromatic amines is 1. The fraction of sp³-hybridized carbons (Fsp3) is 0.0556. The Morgan fingerprint density at radius 1 is 1.13 bits per heavy atom. The average molecular weight is 302 g/mol. The molecule has 0 atom stereocenters. The summed E-state index contributed by atoms with van der Waals surface area (Å²) in [5.74, 6) is 0.822. The lowest BCUT2D eigenvalue weighted by Crippen LogP contribution is -1.86. The summed E-state index contributed by atoms with van der Waals surface area (Å²) in [5.41, 5.74) is 3.76. The molecule has 0 radical (unpaired) electrons. The molecular weight excluding hydrogens is 288 g/mol. The van der Waals surface area contributed by atoms with Crippen molar-refractivity contribution in [1.82, 2.24) is 15.4 Å². The lowest BCUT2D eigenvalue weighted by atomic mass is 10.1. The molecule has 0 aliphatic rings. The van der Waals surface area contributed by atoms with E-state index >= 15 is 0 Å². The SMILES string of the molecule is COc1ccccc1/C=C/c1cccc(-c2nn[nH]c2C#N)c1. The van der Waals surface area contributed by atoms with Crippen LogP contribution in [0.4, 0.5) is 0 Å². The minimum absolute atomic E-state index is 0.357. The molecule has 1 aromatic heterocycles. The number of nitrogens with one attached hydrogen (secondary N) is 1.